The molecule has 3 rings (SSSR count). The van der Waals surface area contributed by atoms with Gasteiger partial charge in [0.15, 0.2) is 0 Å². The Morgan fingerprint density at radius 2 is 1.69 bits per heavy atom. The lowest BCUT2D eigenvalue weighted by molar-refractivity contribution is -0.387. The third-order valence-corrected chi connectivity index (χ3v) is 5.49. The van der Waals surface area contributed by atoms with Gasteiger partial charge in [-0.3, -0.25) is 14.9 Å². The van der Waals surface area contributed by atoms with E-state index >= 15 is 0 Å². The highest BCUT2D eigenvalue weighted by Gasteiger charge is 2.16. The Labute approximate surface area is 189 Å². The van der Waals surface area contributed by atoms with Gasteiger partial charge in [-0.05, 0) is 37.3 Å². The van der Waals surface area contributed by atoms with E-state index in [0.29, 0.717) is 27.5 Å². The zero-order chi connectivity index (χ0) is 23.1. The highest BCUT2D eigenvalue weighted by Crippen LogP contribution is 2.35. The largest absolute Gasteiger partial charge is 0.497 e. The first-order valence-corrected chi connectivity index (χ1v) is 10.3. The number of aryl methyl sites for hydroxylation is 1. The van der Waals surface area contributed by atoms with Gasteiger partial charge in [0.2, 0.25) is 0 Å². The summed E-state index contributed by atoms with van der Waals surface area (Å²) in [5.74, 6) is 0.464. The number of nitro groups is 1. The second kappa shape index (κ2) is 10.5. The Hall–Kier alpha value is -3.85. The zero-order valence-corrected chi connectivity index (χ0v) is 18.5. The molecule has 1 amide bonds. The summed E-state index contributed by atoms with van der Waals surface area (Å²) in [7, 11) is 2.98. The molecular formula is C23H21N3O5S. The number of carbonyl (C=O) groups excluding carboxylic acids is 1. The number of hydrazone groups is 1. The van der Waals surface area contributed by atoms with E-state index in [1.165, 1.54) is 38.3 Å². The van der Waals surface area contributed by atoms with Gasteiger partial charge in [0.1, 0.15) is 11.5 Å². The molecule has 1 N–H and O–H groups in total. The van der Waals surface area contributed by atoms with E-state index in [4.69, 9.17) is 9.47 Å². The lowest BCUT2D eigenvalue weighted by Gasteiger charge is -2.07. The maximum absolute atomic E-state index is 12.4. The number of amides is 1. The maximum atomic E-state index is 12.4. The molecule has 0 saturated heterocycles. The van der Waals surface area contributed by atoms with E-state index in [1.807, 2.05) is 31.2 Å². The van der Waals surface area contributed by atoms with Crippen molar-refractivity contribution in [2.75, 3.05) is 14.2 Å². The molecule has 0 bridgehead atoms. The second-order valence-corrected chi connectivity index (χ2v) is 7.82. The van der Waals surface area contributed by atoms with Crippen molar-refractivity contribution in [2.45, 2.75) is 16.7 Å². The summed E-state index contributed by atoms with van der Waals surface area (Å²) in [6, 6.07) is 17.3. The number of nitrogens with zero attached hydrogens (tertiary/aromatic N) is 2. The van der Waals surface area contributed by atoms with Crippen molar-refractivity contribution in [1.82, 2.24) is 5.43 Å². The topological polar surface area (TPSA) is 103 Å². The Balaban J connectivity index is 1.74. The lowest BCUT2D eigenvalue weighted by atomic mass is 10.2. The van der Waals surface area contributed by atoms with E-state index in [9.17, 15) is 14.9 Å². The summed E-state index contributed by atoms with van der Waals surface area (Å²) in [6.07, 6.45) is 1.35. The van der Waals surface area contributed by atoms with E-state index in [0.717, 1.165) is 10.5 Å². The van der Waals surface area contributed by atoms with Crippen molar-refractivity contribution in [3.8, 4) is 11.5 Å². The van der Waals surface area contributed by atoms with E-state index < -0.39 is 10.8 Å². The molecule has 32 heavy (non-hydrogen) atoms. The van der Waals surface area contributed by atoms with Gasteiger partial charge in [0.25, 0.3) is 11.6 Å². The van der Waals surface area contributed by atoms with Gasteiger partial charge in [-0.25, -0.2) is 5.43 Å². The van der Waals surface area contributed by atoms with Crippen LogP contribution in [0, 0.1) is 17.0 Å². The quantitative estimate of drug-likeness (QED) is 0.299. The third kappa shape index (κ3) is 5.86. The molecule has 0 aromatic heterocycles. The number of methoxy groups -OCH3 is 2. The second-order valence-electron chi connectivity index (χ2n) is 6.70. The van der Waals surface area contributed by atoms with Crippen LogP contribution in [0.3, 0.4) is 0 Å². The van der Waals surface area contributed by atoms with Crippen LogP contribution < -0.4 is 14.9 Å². The van der Waals surface area contributed by atoms with Crippen LogP contribution >= 0.6 is 11.8 Å². The predicted octanol–water partition coefficient (Wildman–Crippen LogP) is 4.84. The summed E-state index contributed by atoms with van der Waals surface area (Å²) in [5, 5.41) is 15.5. The van der Waals surface area contributed by atoms with Crippen LogP contribution in [0.1, 0.15) is 21.5 Å². The van der Waals surface area contributed by atoms with Crippen LogP contribution in [-0.2, 0) is 0 Å². The molecule has 9 heteroatoms. The maximum Gasteiger partial charge on any atom is 0.283 e. The minimum Gasteiger partial charge on any atom is -0.497 e. The van der Waals surface area contributed by atoms with Gasteiger partial charge < -0.3 is 9.47 Å². The summed E-state index contributed by atoms with van der Waals surface area (Å²) >= 11 is 1.31. The average Bonchev–Trinajstić information content (AvgIpc) is 2.80. The standard InChI is InChI=1S/C23H21N3O5S/c1-15-4-7-20(8-5-15)32-22-9-6-16(10-21(22)26(28)29)14-24-25-23(27)17-11-18(30-2)13-19(12-17)31-3/h4-14H,1-3H3,(H,25,27)/b24-14+. The minimum atomic E-state index is -0.473. The van der Waals surface area contributed by atoms with Crippen molar-refractivity contribution in [3.63, 3.8) is 0 Å². The number of nitro benzene ring substituents is 1. The molecule has 0 atom stereocenters. The van der Waals surface area contributed by atoms with Crippen molar-refractivity contribution >= 4 is 29.6 Å². The van der Waals surface area contributed by atoms with E-state index in [2.05, 4.69) is 10.5 Å². The SMILES string of the molecule is COc1cc(OC)cc(C(=O)N/N=C/c2ccc(Sc3ccc(C)cc3)c([N+](=O)[O-])c2)c1. The lowest BCUT2D eigenvalue weighted by Crippen LogP contribution is -2.17. The molecule has 8 nitrogen and oxygen atoms in total. The van der Waals surface area contributed by atoms with Gasteiger partial charge in [0.05, 0.1) is 30.3 Å². The Morgan fingerprint density at radius 3 is 2.28 bits per heavy atom. The summed E-state index contributed by atoms with van der Waals surface area (Å²) in [4.78, 5) is 24.9. The molecule has 0 fully saturated rings. The summed E-state index contributed by atoms with van der Waals surface area (Å²) in [6.45, 7) is 1.98. The number of hydrogen-bond acceptors (Lipinski definition) is 7. The van der Waals surface area contributed by atoms with Gasteiger partial charge in [-0.1, -0.05) is 35.5 Å². The molecule has 0 radical (unpaired) electrons. The van der Waals surface area contributed by atoms with Gasteiger partial charge in [0, 0.05) is 28.2 Å². The van der Waals surface area contributed by atoms with Crippen LogP contribution in [0.15, 0.2) is 75.6 Å². The summed E-state index contributed by atoms with van der Waals surface area (Å²) in [5.41, 5.74) is 4.26. The number of carbonyl (C=O) groups is 1. The van der Waals surface area contributed by atoms with Crippen LogP contribution in [0.2, 0.25) is 0 Å². The Bertz CT molecular complexity index is 1140. The fourth-order valence-electron chi connectivity index (χ4n) is 2.75. The number of hydrogen-bond donors (Lipinski definition) is 1. The average molecular weight is 452 g/mol. The molecule has 3 aromatic rings. The minimum absolute atomic E-state index is 0.0385. The molecule has 164 valence electrons. The highest BCUT2D eigenvalue weighted by atomic mass is 32.2. The molecule has 0 aliphatic carbocycles. The number of rotatable bonds is 8. The Kier molecular flexibility index (Phi) is 7.45. The van der Waals surface area contributed by atoms with Crippen LogP contribution in [0.4, 0.5) is 5.69 Å². The molecular weight excluding hydrogens is 430 g/mol. The van der Waals surface area contributed by atoms with Gasteiger partial charge >= 0.3 is 0 Å². The van der Waals surface area contributed by atoms with E-state index in [-0.39, 0.29) is 5.69 Å². The first-order valence-electron chi connectivity index (χ1n) is 9.49. The molecule has 0 spiro atoms. The van der Waals surface area contributed by atoms with Crippen LogP contribution in [0.25, 0.3) is 0 Å². The van der Waals surface area contributed by atoms with Gasteiger partial charge in [-0.2, -0.15) is 5.10 Å². The molecule has 0 aliphatic rings. The van der Waals surface area contributed by atoms with Crippen LogP contribution in [0.5, 0.6) is 11.5 Å². The molecule has 0 aliphatic heterocycles. The number of nitrogens with one attached hydrogen (secondary N) is 1. The highest BCUT2D eigenvalue weighted by molar-refractivity contribution is 7.99. The van der Waals surface area contributed by atoms with Crippen LogP contribution in [-0.4, -0.2) is 31.3 Å². The number of benzene rings is 3. The third-order valence-electron chi connectivity index (χ3n) is 4.42. The normalized spacial score (nSPS) is 10.7. The molecule has 3 aromatic carbocycles. The fraction of sp³-hybridized carbons (Fsp3) is 0.130. The predicted molar refractivity (Wildman–Crippen MR) is 123 cm³/mol. The van der Waals surface area contributed by atoms with Crippen molar-refractivity contribution in [1.29, 1.82) is 0 Å². The number of ether oxygens (including phenoxy) is 2. The van der Waals surface area contributed by atoms with Crippen molar-refractivity contribution in [2.24, 2.45) is 5.10 Å². The van der Waals surface area contributed by atoms with Crippen molar-refractivity contribution in [3.05, 3.63) is 87.5 Å². The zero-order valence-electron chi connectivity index (χ0n) is 17.7. The summed E-state index contributed by atoms with van der Waals surface area (Å²) < 4.78 is 10.3. The Morgan fingerprint density at radius 1 is 1.03 bits per heavy atom. The molecule has 0 unspecified atom stereocenters. The first kappa shape index (κ1) is 22.8. The monoisotopic (exact) mass is 451 g/mol. The van der Waals surface area contributed by atoms with Gasteiger partial charge in [-0.15, -0.1) is 0 Å². The van der Waals surface area contributed by atoms with E-state index in [1.54, 1.807) is 30.3 Å². The molecule has 0 saturated carbocycles. The fourth-order valence-corrected chi connectivity index (χ4v) is 3.65. The smallest absolute Gasteiger partial charge is 0.283 e. The molecule has 0 heterocycles. The first-order chi connectivity index (χ1) is 15.4. The van der Waals surface area contributed by atoms with Crippen molar-refractivity contribution < 1.29 is 19.2 Å².